The largest absolute Gasteiger partial charge is 0.493 e. The van der Waals surface area contributed by atoms with Crippen LogP contribution in [-0.4, -0.2) is 50.2 Å². The molecule has 2 fully saturated rings. The highest BCUT2D eigenvalue weighted by atomic mass is 16.5. The van der Waals surface area contributed by atoms with Crippen molar-refractivity contribution in [1.29, 1.82) is 5.26 Å². The second kappa shape index (κ2) is 12.0. The minimum absolute atomic E-state index is 0.0542. The first-order valence-corrected chi connectivity index (χ1v) is 11.9. The number of nitriles is 1. The standard InChI is InChI=1S/C25H37N3O3/c1-3-31-24-17-19(12-13-23(24)30-2)21-10-4-5-11-22(21)27-25(29)20(18-26)9-8-16-28-14-6-7-15-28/h12-13,17,20-22H,3-11,14-16H2,1-2H3,(H,27,29)/t20?,21-,22-/m1/s1. The van der Waals surface area contributed by atoms with Crippen LogP contribution < -0.4 is 14.8 Å². The first-order chi connectivity index (χ1) is 15.2. The lowest BCUT2D eigenvalue weighted by molar-refractivity contribution is -0.124. The zero-order chi connectivity index (χ0) is 22.1. The molecular weight excluding hydrogens is 390 g/mol. The maximum absolute atomic E-state index is 12.9. The summed E-state index contributed by atoms with van der Waals surface area (Å²) in [6, 6.07) is 8.38. The Morgan fingerprint density at radius 1 is 1.23 bits per heavy atom. The molecule has 1 unspecified atom stereocenters. The second-order valence-corrected chi connectivity index (χ2v) is 8.72. The van der Waals surface area contributed by atoms with Crippen molar-refractivity contribution >= 4 is 5.91 Å². The SMILES string of the molecule is CCOc1cc([C@H]2CCCC[C@H]2NC(=O)C(C#N)CCCN2CCCC2)ccc1OC. The lowest BCUT2D eigenvalue weighted by atomic mass is 9.79. The summed E-state index contributed by atoms with van der Waals surface area (Å²) in [5, 5.41) is 12.8. The molecule has 1 saturated heterocycles. The average Bonchev–Trinajstić information content (AvgIpc) is 3.31. The number of ether oxygens (including phenoxy) is 2. The van der Waals surface area contributed by atoms with Crippen molar-refractivity contribution in [2.75, 3.05) is 33.4 Å². The molecule has 0 spiro atoms. The molecule has 6 heteroatoms. The Morgan fingerprint density at radius 2 is 2.00 bits per heavy atom. The van der Waals surface area contributed by atoms with Gasteiger partial charge in [0.1, 0.15) is 5.92 Å². The Kier molecular flexibility index (Phi) is 9.02. The Hall–Kier alpha value is -2.26. The van der Waals surface area contributed by atoms with Crippen molar-refractivity contribution in [1.82, 2.24) is 10.2 Å². The molecule has 31 heavy (non-hydrogen) atoms. The molecule has 0 radical (unpaired) electrons. The monoisotopic (exact) mass is 427 g/mol. The molecule has 0 aromatic heterocycles. The van der Waals surface area contributed by atoms with Crippen LogP contribution in [0.4, 0.5) is 0 Å². The van der Waals surface area contributed by atoms with Crippen LogP contribution in [0, 0.1) is 17.2 Å². The Labute approximate surface area is 186 Å². The summed E-state index contributed by atoms with van der Waals surface area (Å²) in [4.78, 5) is 15.4. The number of rotatable bonds is 10. The number of carbonyl (C=O) groups is 1. The third kappa shape index (κ3) is 6.36. The van der Waals surface area contributed by atoms with E-state index in [2.05, 4.69) is 28.4 Å². The summed E-state index contributed by atoms with van der Waals surface area (Å²) in [5.74, 6) is 1.02. The van der Waals surface area contributed by atoms with E-state index in [4.69, 9.17) is 9.47 Å². The van der Waals surface area contributed by atoms with Gasteiger partial charge >= 0.3 is 0 Å². The minimum atomic E-state index is -0.569. The maximum atomic E-state index is 12.9. The molecule has 1 aromatic rings. The molecule has 6 nitrogen and oxygen atoms in total. The molecular formula is C25H37N3O3. The van der Waals surface area contributed by atoms with Crippen LogP contribution in [0.3, 0.4) is 0 Å². The number of methoxy groups -OCH3 is 1. The van der Waals surface area contributed by atoms with Gasteiger partial charge in [0.15, 0.2) is 11.5 Å². The van der Waals surface area contributed by atoms with Crippen molar-refractivity contribution in [2.24, 2.45) is 5.92 Å². The van der Waals surface area contributed by atoms with Crippen molar-refractivity contribution in [3.63, 3.8) is 0 Å². The topological polar surface area (TPSA) is 74.6 Å². The summed E-state index contributed by atoms with van der Waals surface area (Å²) >= 11 is 0. The van der Waals surface area contributed by atoms with E-state index in [0.717, 1.165) is 68.8 Å². The van der Waals surface area contributed by atoms with Gasteiger partial charge in [0.2, 0.25) is 5.91 Å². The van der Waals surface area contributed by atoms with Gasteiger partial charge in [-0.05, 0) is 82.8 Å². The molecule has 1 amide bonds. The number of likely N-dealkylation sites (tertiary alicyclic amines) is 1. The maximum Gasteiger partial charge on any atom is 0.237 e. The van der Waals surface area contributed by atoms with Crippen molar-refractivity contribution < 1.29 is 14.3 Å². The van der Waals surface area contributed by atoms with Crippen molar-refractivity contribution in [3.05, 3.63) is 23.8 Å². The first-order valence-electron chi connectivity index (χ1n) is 11.9. The molecule has 1 aliphatic carbocycles. The first kappa shape index (κ1) is 23.4. The van der Waals surface area contributed by atoms with E-state index < -0.39 is 5.92 Å². The zero-order valence-electron chi connectivity index (χ0n) is 19.1. The third-order valence-electron chi connectivity index (χ3n) is 6.65. The lowest BCUT2D eigenvalue weighted by Crippen LogP contribution is -2.43. The molecule has 0 bridgehead atoms. The number of hydrogen-bond donors (Lipinski definition) is 1. The molecule has 2 aliphatic rings. The molecule has 1 heterocycles. The molecule has 1 N–H and O–H groups in total. The van der Waals surface area contributed by atoms with E-state index in [1.54, 1.807) is 7.11 Å². The normalized spacial score (nSPS) is 22.5. The fourth-order valence-corrected chi connectivity index (χ4v) is 4.96. The summed E-state index contributed by atoms with van der Waals surface area (Å²) < 4.78 is 11.2. The van der Waals surface area contributed by atoms with E-state index in [0.29, 0.717) is 13.0 Å². The van der Waals surface area contributed by atoms with E-state index in [9.17, 15) is 10.1 Å². The van der Waals surface area contributed by atoms with Gasteiger partial charge in [-0.1, -0.05) is 18.9 Å². The van der Waals surface area contributed by atoms with Gasteiger partial charge in [0.05, 0.1) is 19.8 Å². The van der Waals surface area contributed by atoms with Gasteiger partial charge in [-0.15, -0.1) is 0 Å². The number of nitrogens with one attached hydrogen (secondary N) is 1. The van der Waals surface area contributed by atoms with Crippen LogP contribution in [0.2, 0.25) is 0 Å². The van der Waals surface area contributed by atoms with Gasteiger partial charge in [-0.2, -0.15) is 5.26 Å². The average molecular weight is 428 g/mol. The minimum Gasteiger partial charge on any atom is -0.493 e. The van der Waals surface area contributed by atoms with E-state index >= 15 is 0 Å². The van der Waals surface area contributed by atoms with Crippen LogP contribution >= 0.6 is 0 Å². The van der Waals surface area contributed by atoms with Crippen molar-refractivity contribution in [3.8, 4) is 17.6 Å². The smallest absolute Gasteiger partial charge is 0.237 e. The second-order valence-electron chi connectivity index (χ2n) is 8.72. The van der Waals surface area contributed by atoms with Gasteiger partial charge in [0.25, 0.3) is 0 Å². The highest BCUT2D eigenvalue weighted by Crippen LogP contribution is 2.37. The highest BCUT2D eigenvalue weighted by Gasteiger charge is 2.30. The Bertz CT molecular complexity index is 755. The van der Waals surface area contributed by atoms with Gasteiger partial charge in [-0.25, -0.2) is 0 Å². The predicted molar refractivity (Wildman–Crippen MR) is 121 cm³/mol. The van der Waals surface area contributed by atoms with Crippen LogP contribution in [0.5, 0.6) is 11.5 Å². The fourth-order valence-electron chi connectivity index (χ4n) is 4.96. The number of nitrogens with zero attached hydrogens (tertiary/aromatic N) is 2. The van der Waals surface area contributed by atoms with Crippen LogP contribution in [0.1, 0.15) is 69.8 Å². The lowest BCUT2D eigenvalue weighted by Gasteiger charge is -2.33. The number of carbonyl (C=O) groups excluding carboxylic acids is 1. The fraction of sp³-hybridized carbons (Fsp3) is 0.680. The summed E-state index contributed by atoms with van der Waals surface area (Å²) in [5.41, 5.74) is 1.16. The molecule has 3 rings (SSSR count). The van der Waals surface area contributed by atoms with Crippen LogP contribution in [-0.2, 0) is 4.79 Å². The third-order valence-corrected chi connectivity index (χ3v) is 6.65. The number of benzene rings is 1. The zero-order valence-corrected chi connectivity index (χ0v) is 19.1. The molecule has 1 aliphatic heterocycles. The highest BCUT2D eigenvalue weighted by molar-refractivity contribution is 5.81. The van der Waals surface area contributed by atoms with Crippen LogP contribution in [0.25, 0.3) is 0 Å². The van der Waals surface area contributed by atoms with E-state index in [-0.39, 0.29) is 17.9 Å². The van der Waals surface area contributed by atoms with Crippen LogP contribution in [0.15, 0.2) is 18.2 Å². The summed E-state index contributed by atoms with van der Waals surface area (Å²) in [7, 11) is 1.65. The molecule has 170 valence electrons. The molecule has 1 aromatic carbocycles. The van der Waals surface area contributed by atoms with Gasteiger partial charge in [-0.3, -0.25) is 4.79 Å². The Morgan fingerprint density at radius 3 is 2.71 bits per heavy atom. The van der Waals surface area contributed by atoms with E-state index in [1.807, 2.05) is 13.0 Å². The quantitative estimate of drug-likeness (QED) is 0.604. The number of amides is 1. The number of hydrogen-bond acceptors (Lipinski definition) is 5. The van der Waals surface area contributed by atoms with Gasteiger partial charge in [0, 0.05) is 12.0 Å². The summed E-state index contributed by atoms with van der Waals surface area (Å²) in [6.07, 6.45) is 8.27. The molecule has 3 atom stereocenters. The van der Waals surface area contributed by atoms with Gasteiger partial charge < -0.3 is 19.7 Å². The molecule has 1 saturated carbocycles. The summed E-state index contributed by atoms with van der Waals surface area (Å²) in [6.45, 7) is 5.83. The van der Waals surface area contributed by atoms with E-state index in [1.165, 1.54) is 12.8 Å². The van der Waals surface area contributed by atoms with Crippen molar-refractivity contribution in [2.45, 2.75) is 70.3 Å². The predicted octanol–water partition coefficient (Wildman–Crippen LogP) is 4.25. The Balaban J connectivity index is 1.62.